The molecule has 5 nitrogen and oxygen atoms in total. The number of oxime groups is 1. The number of carboxylic acids is 1. The number of hydrogen-bond donors (Lipinski definition) is 2. The highest BCUT2D eigenvalue weighted by Crippen LogP contribution is 2.13. The average Bonchev–Trinajstić information content (AvgIpc) is 2.89. The highest BCUT2D eigenvalue weighted by atomic mass is 32.1. The van der Waals surface area contributed by atoms with E-state index in [1.807, 2.05) is 17.5 Å². The van der Waals surface area contributed by atoms with Gasteiger partial charge in [0.2, 0.25) is 0 Å². The molecule has 0 spiro atoms. The summed E-state index contributed by atoms with van der Waals surface area (Å²) in [4.78, 5) is 17.1. The molecule has 1 heterocycles. The van der Waals surface area contributed by atoms with Gasteiger partial charge in [0.05, 0.1) is 0 Å². The summed E-state index contributed by atoms with van der Waals surface area (Å²) in [7, 11) is 0. The number of aliphatic carboxylic acids is 1. The third kappa shape index (κ3) is 3.56. The fourth-order valence-electron chi connectivity index (χ4n) is 1.39. The Hall–Kier alpha value is -2.34. The summed E-state index contributed by atoms with van der Waals surface area (Å²) in [5, 5.41) is 23.8. The van der Waals surface area contributed by atoms with Crippen molar-refractivity contribution >= 4 is 23.0 Å². The maximum Gasteiger partial charge on any atom is 0.358 e. The monoisotopic (exact) mass is 277 g/mol. The van der Waals surface area contributed by atoms with E-state index in [2.05, 4.69) is 5.16 Å². The number of thiophene rings is 1. The summed E-state index contributed by atoms with van der Waals surface area (Å²) in [5.41, 5.74) is 0.174. The van der Waals surface area contributed by atoms with Gasteiger partial charge in [-0.05, 0) is 35.7 Å². The fraction of sp³-hybridized carbons (Fsp3) is 0.0769. The van der Waals surface area contributed by atoms with Crippen LogP contribution >= 0.6 is 11.3 Å². The Labute approximate surface area is 113 Å². The van der Waals surface area contributed by atoms with Gasteiger partial charge in [-0.1, -0.05) is 11.2 Å². The Morgan fingerprint density at radius 1 is 1.26 bits per heavy atom. The zero-order chi connectivity index (χ0) is 13.7. The molecule has 2 rings (SSSR count). The second kappa shape index (κ2) is 6.01. The SMILES string of the molecule is O=C(O)C(=NOCc1cccs1)c1ccc(O)cc1. The Kier molecular flexibility index (Phi) is 4.15. The highest BCUT2D eigenvalue weighted by Gasteiger charge is 2.13. The molecule has 0 saturated carbocycles. The summed E-state index contributed by atoms with van der Waals surface area (Å²) in [6.07, 6.45) is 0. The fourth-order valence-corrected chi connectivity index (χ4v) is 2.00. The summed E-state index contributed by atoms with van der Waals surface area (Å²) >= 11 is 1.51. The van der Waals surface area contributed by atoms with Gasteiger partial charge in [-0.2, -0.15) is 0 Å². The van der Waals surface area contributed by atoms with E-state index in [1.165, 1.54) is 35.6 Å². The molecule has 1 aromatic carbocycles. The van der Waals surface area contributed by atoms with Gasteiger partial charge < -0.3 is 15.1 Å². The zero-order valence-corrected chi connectivity index (χ0v) is 10.6. The number of carbonyl (C=O) groups is 1. The van der Waals surface area contributed by atoms with Crippen molar-refractivity contribution in [3.05, 3.63) is 52.2 Å². The first-order valence-electron chi connectivity index (χ1n) is 5.42. The predicted molar refractivity (Wildman–Crippen MR) is 71.4 cm³/mol. The van der Waals surface area contributed by atoms with Crippen LogP contribution in [0.3, 0.4) is 0 Å². The number of hydrogen-bond acceptors (Lipinski definition) is 5. The minimum Gasteiger partial charge on any atom is -0.508 e. The van der Waals surface area contributed by atoms with Crippen LogP contribution in [0.1, 0.15) is 10.4 Å². The van der Waals surface area contributed by atoms with Gasteiger partial charge in [0.1, 0.15) is 5.75 Å². The van der Waals surface area contributed by atoms with Crippen molar-refractivity contribution in [2.75, 3.05) is 0 Å². The summed E-state index contributed by atoms with van der Waals surface area (Å²) in [6.45, 7) is 0.229. The quantitative estimate of drug-likeness (QED) is 0.650. The molecule has 98 valence electrons. The van der Waals surface area contributed by atoms with Gasteiger partial charge in [0.25, 0.3) is 0 Å². The Bertz CT molecular complexity index is 575. The van der Waals surface area contributed by atoms with Crippen molar-refractivity contribution in [1.29, 1.82) is 0 Å². The van der Waals surface area contributed by atoms with E-state index in [1.54, 1.807) is 0 Å². The molecular weight excluding hydrogens is 266 g/mol. The highest BCUT2D eigenvalue weighted by molar-refractivity contribution is 7.09. The number of phenols is 1. The van der Waals surface area contributed by atoms with Crippen LogP contribution in [0, 0.1) is 0 Å². The molecular formula is C13H11NO4S. The third-order valence-corrected chi connectivity index (χ3v) is 3.14. The average molecular weight is 277 g/mol. The lowest BCUT2D eigenvalue weighted by Crippen LogP contribution is -2.14. The number of carboxylic acid groups (broad SMARTS) is 1. The minimum atomic E-state index is -1.18. The van der Waals surface area contributed by atoms with E-state index in [9.17, 15) is 4.79 Å². The van der Waals surface area contributed by atoms with E-state index in [4.69, 9.17) is 15.1 Å². The van der Waals surface area contributed by atoms with Gasteiger partial charge in [0, 0.05) is 10.4 Å². The van der Waals surface area contributed by atoms with Crippen LogP contribution in [-0.2, 0) is 16.2 Å². The minimum absolute atomic E-state index is 0.0630. The predicted octanol–water partition coefficient (Wildman–Crippen LogP) is 2.46. The molecule has 0 aliphatic heterocycles. The van der Waals surface area contributed by atoms with Crippen LogP contribution in [0.15, 0.2) is 46.9 Å². The topological polar surface area (TPSA) is 79.1 Å². The molecule has 2 aromatic rings. The Morgan fingerprint density at radius 2 is 2.00 bits per heavy atom. The second-order valence-corrected chi connectivity index (χ2v) is 4.68. The number of phenolic OH excluding ortho intramolecular Hbond substituents is 1. The molecule has 1 aromatic heterocycles. The molecule has 0 aliphatic carbocycles. The molecule has 0 radical (unpaired) electrons. The number of benzene rings is 1. The van der Waals surface area contributed by atoms with Crippen LogP contribution in [0.25, 0.3) is 0 Å². The van der Waals surface area contributed by atoms with E-state index in [0.717, 1.165) is 4.88 Å². The lowest BCUT2D eigenvalue weighted by Gasteiger charge is -2.02. The van der Waals surface area contributed by atoms with Crippen molar-refractivity contribution in [2.24, 2.45) is 5.16 Å². The number of aromatic hydroxyl groups is 1. The molecule has 0 saturated heterocycles. The van der Waals surface area contributed by atoms with Crippen molar-refractivity contribution in [3.8, 4) is 5.75 Å². The van der Waals surface area contributed by atoms with E-state index in [0.29, 0.717) is 5.56 Å². The molecule has 0 aliphatic rings. The summed E-state index contributed by atoms with van der Waals surface area (Å²) < 4.78 is 0. The molecule has 0 bridgehead atoms. The third-order valence-electron chi connectivity index (χ3n) is 2.29. The van der Waals surface area contributed by atoms with E-state index in [-0.39, 0.29) is 18.1 Å². The van der Waals surface area contributed by atoms with Crippen molar-refractivity contribution < 1.29 is 19.8 Å². The van der Waals surface area contributed by atoms with Crippen LogP contribution in [-0.4, -0.2) is 21.9 Å². The lowest BCUT2D eigenvalue weighted by atomic mass is 10.1. The number of rotatable bonds is 5. The summed E-state index contributed by atoms with van der Waals surface area (Å²) in [6, 6.07) is 9.49. The van der Waals surface area contributed by atoms with Crippen LogP contribution < -0.4 is 0 Å². The van der Waals surface area contributed by atoms with Gasteiger partial charge in [0.15, 0.2) is 12.3 Å². The lowest BCUT2D eigenvalue weighted by molar-refractivity contribution is -0.129. The molecule has 19 heavy (non-hydrogen) atoms. The standard InChI is InChI=1S/C13H11NO4S/c15-10-5-3-9(4-6-10)12(13(16)17)14-18-8-11-2-1-7-19-11/h1-7,15H,8H2,(H,16,17). The van der Waals surface area contributed by atoms with Gasteiger partial charge in [-0.3, -0.25) is 0 Å². The first-order chi connectivity index (χ1) is 9.16. The molecule has 0 atom stereocenters. The molecule has 2 N–H and O–H groups in total. The smallest absolute Gasteiger partial charge is 0.358 e. The van der Waals surface area contributed by atoms with Crippen molar-refractivity contribution in [1.82, 2.24) is 0 Å². The maximum absolute atomic E-state index is 11.1. The van der Waals surface area contributed by atoms with Gasteiger partial charge in [-0.25, -0.2) is 4.79 Å². The summed E-state index contributed by atoms with van der Waals surface area (Å²) in [5.74, 6) is -1.12. The van der Waals surface area contributed by atoms with Gasteiger partial charge in [-0.15, -0.1) is 11.3 Å². The van der Waals surface area contributed by atoms with Crippen LogP contribution in [0.5, 0.6) is 5.75 Å². The molecule has 0 unspecified atom stereocenters. The number of nitrogens with zero attached hydrogens (tertiary/aromatic N) is 1. The van der Waals surface area contributed by atoms with Crippen molar-refractivity contribution in [3.63, 3.8) is 0 Å². The first kappa shape index (κ1) is 13.1. The maximum atomic E-state index is 11.1. The van der Waals surface area contributed by atoms with Crippen LogP contribution in [0.2, 0.25) is 0 Å². The molecule has 0 amide bonds. The van der Waals surface area contributed by atoms with Crippen LogP contribution in [0.4, 0.5) is 0 Å². The first-order valence-corrected chi connectivity index (χ1v) is 6.30. The molecule has 6 heteroatoms. The Balaban J connectivity index is 2.11. The zero-order valence-electron chi connectivity index (χ0n) is 9.81. The van der Waals surface area contributed by atoms with E-state index >= 15 is 0 Å². The molecule has 0 fully saturated rings. The van der Waals surface area contributed by atoms with E-state index < -0.39 is 5.97 Å². The largest absolute Gasteiger partial charge is 0.508 e. The van der Waals surface area contributed by atoms with Gasteiger partial charge >= 0.3 is 5.97 Å². The normalized spacial score (nSPS) is 11.3. The second-order valence-electron chi connectivity index (χ2n) is 3.64. The van der Waals surface area contributed by atoms with Crippen molar-refractivity contribution in [2.45, 2.75) is 6.61 Å². The Morgan fingerprint density at radius 3 is 2.58 bits per heavy atom.